The molecule has 29 heavy (non-hydrogen) atoms. The van der Waals surface area contributed by atoms with Crippen molar-refractivity contribution in [1.29, 1.82) is 0 Å². The third-order valence-corrected chi connectivity index (χ3v) is 4.56. The highest BCUT2D eigenvalue weighted by Crippen LogP contribution is 2.28. The molecule has 1 aromatic carbocycles. The normalized spacial score (nSPS) is 17.9. The molecule has 8 nitrogen and oxygen atoms in total. The molecule has 1 unspecified atom stereocenters. The van der Waals surface area contributed by atoms with Crippen LogP contribution in [0.1, 0.15) is 34.3 Å². The Bertz CT molecular complexity index is 833. The van der Waals surface area contributed by atoms with Gasteiger partial charge >= 0.3 is 0 Å². The molecular formula is C20H24ClN3O5. The van der Waals surface area contributed by atoms with Crippen LogP contribution in [0.3, 0.4) is 0 Å². The van der Waals surface area contributed by atoms with Crippen molar-refractivity contribution in [1.82, 2.24) is 10.2 Å². The molecule has 9 heteroatoms. The van der Waals surface area contributed by atoms with Gasteiger partial charge in [-0.25, -0.2) is 0 Å². The van der Waals surface area contributed by atoms with E-state index in [9.17, 15) is 14.4 Å². The van der Waals surface area contributed by atoms with Crippen LogP contribution in [0, 0.1) is 11.8 Å². The van der Waals surface area contributed by atoms with E-state index in [1.165, 1.54) is 4.90 Å². The Labute approximate surface area is 175 Å². The lowest BCUT2D eigenvalue weighted by atomic mass is 10.0. The van der Waals surface area contributed by atoms with Gasteiger partial charge in [0, 0.05) is 30.6 Å². The second-order valence-electron chi connectivity index (χ2n) is 6.53. The third kappa shape index (κ3) is 5.78. The number of benzene rings is 1. The summed E-state index contributed by atoms with van der Waals surface area (Å²) in [5, 5.41) is 2.30. The van der Waals surface area contributed by atoms with E-state index in [4.69, 9.17) is 15.2 Å². The largest absolute Gasteiger partial charge is 0.378 e. The molecule has 2 aliphatic rings. The molecule has 0 saturated carbocycles. The zero-order valence-corrected chi connectivity index (χ0v) is 16.8. The number of ether oxygens (including phenoxy) is 2. The number of imide groups is 1. The summed E-state index contributed by atoms with van der Waals surface area (Å²) in [5.41, 5.74) is 7.50. The number of hydrogen-bond acceptors (Lipinski definition) is 6. The molecule has 0 aliphatic carbocycles. The number of rotatable bonds is 7. The van der Waals surface area contributed by atoms with E-state index in [0.717, 1.165) is 11.1 Å². The van der Waals surface area contributed by atoms with Gasteiger partial charge in [0.15, 0.2) is 0 Å². The third-order valence-electron chi connectivity index (χ3n) is 4.56. The second kappa shape index (κ2) is 10.9. The fourth-order valence-electron chi connectivity index (χ4n) is 3.22. The van der Waals surface area contributed by atoms with Crippen LogP contribution in [0.2, 0.25) is 0 Å². The molecule has 3 rings (SSSR count). The van der Waals surface area contributed by atoms with E-state index in [-0.39, 0.29) is 37.2 Å². The number of piperidine rings is 1. The maximum Gasteiger partial charge on any atom is 0.255 e. The summed E-state index contributed by atoms with van der Waals surface area (Å²) in [6.45, 7) is 2.56. The lowest BCUT2D eigenvalue weighted by molar-refractivity contribution is -0.136. The van der Waals surface area contributed by atoms with Crippen molar-refractivity contribution in [2.24, 2.45) is 5.73 Å². The highest BCUT2D eigenvalue weighted by Gasteiger charge is 2.38. The molecule has 3 N–H and O–H groups in total. The van der Waals surface area contributed by atoms with E-state index in [1.54, 1.807) is 12.1 Å². The minimum atomic E-state index is -0.609. The van der Waals surface area contributed by atoms with Crippen LogP contribution >= 0.6 is 12.4 Å². The first kappa shape index (κ1) is 22.8. The Kier molecular flexibility index (Phi) is 8.61. The van der Waals surface area contributed by atoms with Crippen molar-refractivity contribution in [2.75, 3.05) is 33.0 Å². The van der Waals surface area contributed by atoms with Crippen molar-refractivity contribution in [3.8, 4) is 11.8 Å². The monoisotopic (exact) mass is 421 g/mol. The molecule has 1 saturated heterocycles. The number of carbonyl (C=O) groups excluding carboxylic acids is 3. The highest BCUT2D eigenvalue weighted by molar-refractivity contribution is 6.05. The summed E-state index contributed by atoms with van der Waals surface area (Å²) in [4.78, 5) is 37.5. The zero-order valence-electron chi connectivity index (χ0n) is 15.9. The molecule has 0 aromatic heterocycles. The summed E-state index contributed by atoms with van der Waals surface area (Å²) in [6, 6.07) is 4.76. The van der Waals surface area contributed by atoms with Crippen LogP contribution in [-0.2, 0) is 25.6 Å². The Hall–Kier alpha value is -2.44. The molecule has 1 aromatic rings. The van der Waals surface area contributed by atoms with Crippen molar-refractivity contribution in [2.45, 2.75) is 25.4 Å². The van der Waals surface area contributed by atoms with Crippen molar-refractivity contribution < 1.29 is 23.9 Å². The van der Waals surface area contributed by atoms with Gasteiger partial charge in [-0.15, -0.1) is 12.4 Å². The fourth-order valence-corrected chi connectivity index (χ4v) is 3.22. The Morgan fingerprint density at radius 1 is 1.17 bits per heavy atom. The van der Waals surface area contributed by atoms with Crippen molar-refractivity contribution in [3.05, 3.63) is 34.9 Å². The quantitative estimate of drug-likeness (QED) is 0.370. The summed E-state index contributed by atoms with van der Waals surface area (Å²) in [7, 11) is 0. The average Bonchev–Trinajstić information content (AvgIpc) is 3.00. The molecule has 2 heterocycles. The number of fused-ring (bicyclic) bond motifs is 1. The number of hydrogen-bond donors (Lipinski definition) is 2. The molecule has 0 radical (unpaired) electrons. The van der Waals surface area contributed by atoms with Gasteiger partial charge in [0.05, 0.1) is 19.8 Å². The fraction of sp³-hybridized carbons (Fsp3) is 0.450. The Morgan fingerprint density at radius 2 is 1.97 bits per heavy atom. The van der Waals surface area contributed by atoms with Gasteiger partial charge in [-0.05, 0) is 30.2 Å². The van der Waals surface area contributed by atoms with Gasteiger partial charge < -0.3 is 20.1 Å². The Balaban J connectivity index is 0.00000300. The molecule has 3 amide bonds. The molecule has 1 fully saturated rings. The van der Waals surface area contributed by atoms with Gasteiger partial charge in [0.25, 0.3) is 5.91 Å². The molecule has 156 valence electrons. The molecule has 1 atom stereocenters. The van der Waals surface area contributed by atoms with Crippen LogP contribution in [0.15, 0.2) is 18.2 Å². The summed E-state index contributed by atoms with van der Waals surface area (Å²) >= 11 is 0. The first-order valence-electron chi connectivity index (χ1n) is 9.22. The first-order chi connectivity index (χ1) is 13.6. The van der Waals surface area contributed by atoms with E-state index in [2.05, 4.69) is 17.2 Å². The van der Waals surface area contributed by atoms with Crippen LogP contribution < -0.4 is 11.1 Å². The van der Waals surface area contributed by atoms with Gasteiger partial charge in [-0.3, -0.25) is 19.7 Å². The maximum atomic E-state index is 12.6. The number of halogens is 1. The van der Waals surface area contributed by atoms with E-state index in [0.29, 0.717) is 44.9 Å². The lowest BCUT2D eigenvalue weighted by Crippen LogP contribution is -2.52. The lowest BCUT2D eigenvalue weighted by Gasteiger charge is -2.29. The smallest absolute Gasteiger partial charge is 0.255 e. The summed E-state index contributed by atoms with van der Waals surface area (Å²) in [6.07, 6.45) is 0.591. The maximum absolute atomic E-state index is 12.6. The van der Waals surface area contributed by atoms with E-state index in [1.807, 2.05) is 6.07 Å². The predicted octanol–water partition coefficient (Wildman–Crippen LogP) is 0.213. The minimum Gasteiger partial charge on any atom is -0.378 e. The van der Waals surface area contributed by atoms with Crippen molar-refractivity contribution in [3.63, 3.8) is 0 Å². The molecule has 2 aliphatic heterocycles. The second-order valence-corrected chi connectivity index (χ2v) is 6.53. The number of nitrogens with zero attached hydrogens (tertiary/aromatic N) is 1. The molecular weight excluding hydrogens is 398 g/mol. The van der Waals surface area contributed by atoms with Crippen LogP contribution in [0.5, 0.6) is 0 Å². The molecule has 0 bridgehead atoms. The topological polar surface area (TPSA) is 111 Å². The number of carbonyl (C=O) groups is 3. The number of nitrogens with one attached hydrogen (secondary N) is 1. The molecule has 0 spiro atoms. The Morgan fingerprint density at radius 3 is 2.72 bits per heavy atom. The summed E-state index contributed by atoms with van der Waals surface area (Å²) in [5.74, 6) is 5.04. The van der Waals surface area contributed by atoms with Crippen LogP contribution in [-0.4, -0.2) is 61.6 Å². The minimum absolute atomic E-state index is 0. The number of nitrogens with two attached hydrogens (primary N) is 1. The standard InChI is InChI=1S/C20H23N3O5.ClH/c21-7-9-28-11-10-27-8-1-2-14-3-4-16-15(12-14)13-23(20(16)26)17-5-6-18(24)22-19(17)25;/h3-4,12,17H,5-11,13,21H2,(H,22,24,25);1H. The summed E-state index contributed by atoms with van der Waals surface area (Å²) < 4.78 is 10.6. The highest BCUT2D eigenvalue weighted by atomic mass is 35.5. The first-order valence-corrected chi connectivity index (χ1v) is 9.22. The van der Waals surface area contributed by atoms with Gasteiger partial charge in [0.1, 0.15) is 12.6 Å². The van der Waals surface area contributed by atoms with E-state index >= 15 is 0 Å². The van der Waals surface area contributed by atoms with Gasteiger partial charge in [-0.2, -0.15) is 0 Å². The zero-order chi connectivity index (χ0) is 19.9. The van der Waals surface area contributed by atoms with Crippen LogP contribution in [0.25, 0.3) is 0 Å². The predicted molar refractivity (Wildman–Crippen MR) is 107 cm³/mol. The average molecular weight is 422 g/mol. The van der Waals surface area contributed by atoms with E-state index < -0.39 is 11.9 Å². The van der Waals surface area contributed by atoms with Crippen LogP contribution in [0.4, 0.5) is 0 Å². The SMILES string of the molecule is Cl.NCCOCCOCC#Cc1ccc2c(c1)CN(C1CCC(=O)NC1=O)C2=O. The van der Waals surface area contributed by atoms with Crippen molar-refractivity contribution >= 4 is 30.1 Å². The number of amides is 3. The van der Waals surface area contributed by atoms with Gasteiger partial charge in [-0.1, -0.05) is 11.8 Å². The van der Waals surface area contributed by atoms with Gasteiger partial charge in [0.2, 0.25) is 11.8 Å².